The number of carbonyl (C=O) groups is 8. The standard InChI is InChI=1S/C40H50O11Si.C32H40O11.2CH4/c1-9-30(43)48-32-31-23(2)27(42)21-40(46,37(31,4)5)35(49-36(45)25-16-12-10-13-17-25)33-38(6,34(32)44)28(20-29-39(33,22-47-29)50-24(3)41)51-52(7,8)26-18-14-11-15-19-26;1-7-22(36)41-24-23-16(2)19(34)14-32(39,29(23,4)5)27(42-28(38)18-11-9-8-10-12-18)25-30(6,26(24)37)20(35)13-21-31(25,15-40-21)43-17(3)33;;/h10-19,27-29,32-33,35,42,46H,9,20-22H2,1-8H3;8-12,19-21,24-25,27,34-35,39H,7,13-15H2,1-6H3;2*1H4/t27-,28-,29+,32+,33?,35-,38+,39-,40+;19-,20-,21+,24+,25?,27-,30+,31-,32+;;/m00../s1. The molecule has 0 spiro atoms. The Hall–Kier alpha value is -6.80. The number of aliphatic hydroxyl groups is 5. The molecule has 3 aromatic carbocycles. The molecule has 18 atom stereocenters. The largest absolute Gasteiger partial charge is 0.455 e. The van der Waals surface area contributed by atoms with Crippen molar-refractivity contribution in [3.05, 3.63) is 124 Å². The van der Waals surface area contributed by atoms with Crippen molar-refractivity contribution in [3.63, 3.8) is 0 Å². The van der Waals surface area contributed by atoms with Crippen LogP contribution in [0.1, 0.15) is 157 Å². The van der Waals surface area contributed by atoms with Crippen LogP contribution in [0.3, 0.4) is 0 Å². The Morgan fingerprint density at radius 2 is 0.907 bits per heavy atom. The molecule has 2 heterocycles. The Kier molecular flexibility index (Phi) is 21.2. The maximum absolute atomic E-state index is 15.8. The van der Waals surface area contributed by atoms with Crippen molar-refractivity contribution in [2.45, 2.75) is 233 Å². The Labute approximate surface area is 568 Å². The number of hydrogen-bond donors (Lipinski definition) is 5. The van der Waals surface area contributed by atoms with Crippen molar-refractivity contribution in [3.8, 4) is 0 Å². The normalized spacial score (nSPS) is 36.4. The number of Topliss-reactive ketones (excluding diaryl/α,β-unsaturated/α-hetero) is 2. The van der Waals surface area contributed by atoms with Crippen molar-refractivity contribution in [2.75, 3.05) is 13.2 Å². The maximum Gasteiger partial charge on any atom is 0.338 e. The molecule has 0 aromatic heterocycles. The van der Waals surface area contributed by atoms with Gasteiger partial charge in [-0.05, 0) is 92.5 Å². The highest BCUT2D eigenvalue weighted by molar-refractivity contribution is 6.84. The third-order valence-electron chi connectivity index (χ3n) is 22.8. The molecule has 11 rings (SSSR count). The number of hydrogen-bond acceptors (Lipinski definition) is 22. The van der Waals surface area contributed by atoms with Crippen molar-refractivity contribution >= 4 is 60.9 Å². The van der Waals surface area contributed by atoms with Crippen LogP contribution in [0.25, 0.3) is 0 Å². The highest BCUT2D eigenvalue weighted by atomic mass is 28.4. The Balaban J connectivity index is 0.000000247. The van der Waals surface area contributed by atoms with Gasteiger partial charge in [0.2, 0.25) is 8.32 Å². The summed E-state index contributed by atoms with van der Waals surface area (Å²) in [5.74, 6) is -8.26. The Morgan fingerprint density at radius 3 is 1.27 bits per heavy atom. The topological polar surface area (TPSA) is 321 Å². The van der Waals surface area contributed by atoms with E-state index in [1.807, 2.05) is 43.4 Å². The number of ether oxygens (including phenoxy) is 8. The lowest BCUT2D eigenvalue weighted by atomic mass is 9.44. The molecule has 8 aliphatic rings. The fourth-order valence-electron chi connectivity index (χ4n) is 17.3. The number of aliphatic hydroxyl groups excluding tert-OH is 3. The third kappa shape index (κ3) is 12.0. The van der Waals surface area contributed by atoms with Gasteiger partial charge in [0, 0.05) is 63.2 Å². The molecular formula is C74H98O22Si. The lowest BCUT2D eigenvalue weighted by Crippen LogP contribution is -2.82. The van der Waals surface area contributed by atoms with E-state index in [-0.39, 0.29) is 88.9 Å². The van der Waals surface area contributed by atoms with E-state index in [1.165, 1.54) is 32.9 Å². The van der Waals surface area contributed by atoms with E-state index in [2.05, 4.69) is 0 Å². The highest BCUT2D eigenvalue weighted by Crippen LogP contribution is 2.67. The monoisotopic (exact) mass is 1370 g/mol. The van der Waals surface area contributed by atoms with Gasteiger partial charge in [-0.25, -0.2) is 9.59 Å². The van der Waals surface area contributed by atoms with Crippen LogP contribution in [0.2, 0.25) is 13.1 Å². The average Bonchev–Trinajstić information content (AvgIpc) is 0.675. The van der Waals surface area contributed by atoms with E-state index in [9.17, 15) is 59.1 Å². The second kappa shape index (κ2) is 27.0. The SMILES string of the molecule is C.C.CCC(=O)O[C@H]1C(=O)[C@@]2(C)C([C@H](OC(=O)c3ccccc3)[C@]3(O)C[C@H](O)C(C)=C1C3(C)C)[C@]1(OC(C)=O)CO[C@@H]1C[C@@H]2O.CCC(=O)O[C@H]1C(=O)[C@@]2(C)C([C@H](OC(=O)c3ccccc3)[C@]3(O)C[C@H](O)C(C)=C1C3(C)C)[C@]1(OC(C)=O)CO[C@@H]1C[C@@H]2O[Si](C)(C)c1ccccc1. The predicted molar refractivity (Wildman–Crippen MR) is 355 cm³/mol. The van der Waals surface area contributed by atoms with Crippen molar-refractivity contribution in [1.82, 2.24) is 0 Å². The van der Waals surface area contributed by atoms with E-state index in [0.29, 0.717) is 11.1 Å². The molecule has 4 saturated carbocycles. The van der Waals surface area contributed by atoms with E-state index in [1.54, 1.807) is 111 Å². The van der Waals surface area contributed by atoms with Gasteiger partial charge in [0.1, 0.15) is 35.6 Å². The summed E-state index contributed by atoms with van der Waals surface area (Å²) < 4.78 is 55.8. The van der Waals surface area contributed by atoms with Crippen molar-refractivity contribution in [1.29, 1.82) is 0 Å². The van der Waals surface area contributed by atoms with Crippen LogP contribution in [0.5, 0.6) is 0 Å². The molecule has 2 aliphatic heterocycles. The molecular weight excluding hydrogens is 1270 g/mol. The number of esters is 6. The second-order valence-electron chi connectivity index (χ2n) is 29.0. The van der Waals surface area contributed by atoms with Crippen LogP contribution in [0.4, 0.5) is 0 Å². The van der Waals surface area contributed by atoms with Crippen molar-refractivity contribution < 1.29 is 106 Å². The predicted octanol–water partition coefficient (Wildman–Crippen LogP) is 7.49. The van der Waals surface area contributed by atoms with Crippen LogP contribution in [-0.4, -0.2) is 178 Å². The summed E-state index contributed by atoms with van der Waals surface area (Å²) in [6.07, 6.45) is -13.7. The highest BCUT2D eigenvalue weighted by Gasteiger charge is 2.81. The fraction of sp³-hybridized carbons (Fsp3) is 0.595. The van der Waals surface area contributed by atoms with Gasteiger partial charge in [-0.3, -0.25) is 28.8 Å². The molecule has 5 N–H and O–H groups in total. The van der Waals surface area contributed by atoms with Gasteiger partial charge in [-0.1, -0.05) is 123 Å². The van der Waals surface area contributed by atoms with Gasteiger partial charge < -0.3 is 67.9 Å². The molecule has 4 bridgehead atoms. The van der Waals surface area contributed by atoms with Gasteiger partial charge in [0.25, 0.3) is 0 Å². The number of carbonyl (C=O) groups excluding carboxylic acids is 8. The van der Waals surface area contributed by atoms with E-state index >= 15 is 4.79 Å². The van der Waals surface area contributed by atoms with Crippen LogP contribution in [-0.2, 0) is 71.1 Å². The molecule has 22 nitrogen and oxygen atoms in total. The minimum absolute atomic E-state index is 0. The third-order valence-corrected chi connectivity index (χ3v) is 25.4. The van der Waals surface area contributed by atoms with Gasteiger partial charge in [0.05, 0.1) is 71.4 Å². The second-order valence-corrected chi connectivity index (χ2v) is 32.8. The molecule has 530 valence electrons. The summed E-state index contributed by atoms with van der Waals surface area (Å²) in [5, 5.41) is 62.0. The Morgan fingerprint density at radius 1 is 0.546 bits per heavy atom. The first-order valence-electron chi connectivity index (χ1n) is 32.7. The number of benzene rings is 3. The lowest BCUT2D eigenvalue weighted by Gasteiger charge is -2.68. The van der Waals surface area contributed by atoms with Crippen LogP contribution in [0, 0.1) is 33.5 Å². The number of rotatable bonds is 13. The van der Waals surface area contributed by atoms with Crippen molar-refractivity contribution in [2.24, 2.45) is 33.5 Å². The summed E-state index contributed by atoms with van der Waals surface area (Å²) >= 11 is 0. The smallest absolute Gasteiger partial charge is 0.338 e. The van der Waals surface area contributed by atoms with Crippen LogP contribution in [0.15, 0.2) is 113 Å². The molecule has 23 heteroatoms. The zero-order valence-electron chi connectivity index (χ0n) is 56.4. The quantitative estimate of drug-likeness (QED) is 0.0479. The Bertz CT molecular complexity index is 3610. The first-order chi connectivity index (χ1) is 44.4. The molecule has 6 aliphatic carbocycles. The van der Waals surface area contributed by atoms with E-state index in [0.717, 1.165) is 5.19 Å². The molecule has 0 amide bonds. The fourth-order valence-corrected chi connectivity index (χ4v) is 19.5. The zero-order valence-corrected chi connectivity index (χ0v) is 57.4. The summed E-state index contributed by atoms with van der Waals surface area (Å²) in [7, 11) is -2.85. The number of ketones is 2. The molecule has 6 fully saturated rings. The zero-order chi connectivity index (χ0) is 69.7. The minimum atomic E-state index is -2.85. The summed E-state index contributed by atoms with van der Waals surface area (Å²) in [5.41, 5.74) is -12.4. The van der Waals surface area contributed by atoms with E-state index < -0.39 is 173 Å². The first kappa shape index (κ1) is 76.0. The first-order valence-corrected chi connectivity index (χ1v) is 35.6. The van der Waals surface area contributed by atoms with Gasteiger partial charge in [0.15, 0.2) is 35.0 Å². The van der Waals surface area contributed by atoms with Crippen LogP contribution < -0.4 is 5.19 Å². The van der Waals surface area contributed by atoms with Gasteiger partial charge in [-0.15, -0.1) is 0 Å². The summed E-state index contributed by atoms with van der Waals surface area (Å²) in [4.78, 5) is 110. The minimum Gasteiger partial charge on any atom is -0.455 e. The molecule has 2 unspecified atom stereocenters. The lowest BCUT2D eigenvalue weighted by molar-refractivity contribution is -0.346. The van der Waals surface area contributed by atoms with E-state index in [4.69, 9.17) is 42.3 Å². The average molecular weight is 1370 g/mol. The summed E-state index contributed by atoms with van der Waals surface area (Å²) in [6, 6.07) is 26.0. The van der Waals surface area contributed by atoms with Gasteiger partial charge >= 0.3 is 35.8 Å². The summed E-state index contributed by atoms with van der Waals surface area (Å²) in [6.45, 7) is 22.4. The van der Waals surface area contributed by atoms with Gasteiger partial charge in [-0.2, -0.15) is 0 Å². The molecule has 97 heavy (non-hydrogen) atoms. The van der Waals surface area contributed by atoms with Crippen LogP contribution >= 0.6 is 0 Å². The molecule has 3 aromatic rings. The maximum atomic E-state index is 15.8. The number of fused-ring (bicyclic) bond motifs is 10. The molecule has 0 radical (unpaired) electrons. The molecule has 2 saturated heterocycles.